The molecule has 0 fully saturated rings. The Hall–Kier alpha value is -10.9. The SMILES string of the molecule is [2H]c1c([2H])c(-n2c3[se]c4c([2H])c([2H])c(C(C)(C)C)c([2H])c4c3c3c([2H])c(C)c([2H])c([2H])c32)c([2H])c2c1C1c3c(cc(C(C)(C)C)cc3N(c3c(-c4ccccc4)cc(C(C)(C)C)cc3-c3ccccc3)c3c([2H])c(-n4c5[se]c6c([2H])c([2H])c(C(C)(C)C)c([2H])c6c5c5c([2H])c(C#N)c([2H])c([2H])c54)c([2H])c([2H])c31)N2c1c(-c2ccccc2)cc(C(C)(C)C)cc1-c1ccccc1. The first-order chi connectivity index (χ1) is 61.2. The van der Waals surface area contributed by atoms with Gasteiger partial charge >= 0.3 is 701 Å². The molecule has 0 saturated carbocycles. The Kier molecular flexibility index (Phi) is 12.4. The van der Waals surface area contributed by atoms with Crippen LogP contribution in [0.4, 0.5) is 34.1 Å². The Morgan fingerprint density at radius 3 is 1.08 bits per heavy atom. The van der Waals surface area contributed by atoms with E-state index >= 15 is 0 Å². The van der Waals surface area contributed by atoms with Gasteiger partial charge in [0.1, 0.15) is 0 Å². The third kappa shape index (κ3) is 11.6. The first-order valence-corrected chi connectivity index (χ1v) is 41.6. The Morgan fingerprint density at radius 2 is 0.714 bits per heavy atom. The van der Waals surface area contributed by atoms with Crippen molar-refractivity contribution in [2.45, 2.75) is 144 Å². The van der Waals surface area contributed by atoms with Crippen molar-refractivity contribution in [1.82, 2.24) is 9.13 Å². The van der Waals surface area contributed by atoms with Crippen LogP contribution in [0.15, 0.2) is 266 Å². The van der Waals surface area contributed by atoms with Crippen molar-refractivity contribution in [3.8, 4) is 62.0 Å². The molecule has 0 spiro atoms. The molecule has 112 heavy (non-hydrogen) atoms. The van der Waals surface area contributed by atoms with E-state index in [2.05, 4.69) is 98.7 Å². The zero-order chi connectivity index (χ0) is 93.2. The van der Waals surface area contributed by atoms with E-state index in [0.29, 0.717) is 64.6 Å². The predicted molar refractivity (Wildman–Crippen MR) is 479 cm³/mol. The molecule has 550 valence electrons. The molecular weight excluding hydrogens is 1490 g/mol. The quantitative estimate of drug-likeness (QED) is 0.142. The van der Waals surface area contributed by atoms with Crippen LogP contribution >= 0.6 is 0 Å². The average Bonchev–Trinajstić information content (AvgIpc) is 1.05. The van der Waals surface area contributed by atoms with Gasteiger partial charge in [-0.1, -0.05) is 0 Å². The van der Waals surface area contributed by atoms with Gasteiger partial charge in [0.15, 0.2) is 0 Å². The zero-order valence-electron chi connectivity index (χ0n) is 83.6. The summed E-state index contributed by atoms with van der Waals surface area (Å²) in [6.45, 7) is 31.9. The average molecular weight is 1600 g/mol. The standard InChI is InChI=1S/C105H93N5Se2/c1-62-37-45-85-81(49-62)94-83-51-68(101(2,3)4)39-47-91(83)111-99(94)107(85)73-41-43-75-87(59-73)109(97-77(64-29-21-17-22-30-64)53-70(103(8,9)10)54-78(97)65-31-23-18-24-32-65)89-57-72(105(14,15)16)58-90-96(89)93(75)76-44-42-74(108-86-46-38-63(61-106)50-82(86)95-84-52-69(102(5,6)7)40-48-92(84)112-100(95)108)60-88(76)110(90)98-79(66-33-25-19-26-34-66)55-71(104(11,12)13)56-80(98)67-35-27-20-28-36-67/h17-60,93H,1-16H3/i37D,38D,39D,40D,41D,42D,43D,44D,45D,46D,47D,48D,49D,50D,51D,52D,59D,60D. The molecule has 1 atom stereocenters. The fraction of sp³-hybridized carbons (Fsp3) is 0.210. The van der Waals surface area contributed by atoms with E-state index in [1.807, 2.05) is 179 Å². The summed E-state index contributed by atoms with van der Waals surface area (Å²) in [7, 11) is 0. The Bertz CT molecular complexity index is 7790. The third-order valence-corrected chi connectivity index (χ3v) is 26.7. The summed E-state index contributed by atoms with van der Waals surface area (Å²) >= 11 is -2.25. The summed E-state index contributed by atoms with van der Waals surface area (Å²) in [6, 6.07) is 48.4. The van der Waals surface area contributed by atoms with E-state index in [-0.39, 0.29) is 158 Å². The Morgan fingerprint density at radius 1 is 0.357 bits per heavy atom. The molecule has 0 N–H and O–H groups in total. The van der Waals surface area contributed by atoms with Gasteiger partial charge in [-0.2, -0.15) is 0 Å². The van der Waals surface area contributed by atoms with Gasteiger partial charge in [0, 0.05) is 0 Å². The fourth-order valence-corrected chi connectivity index (χ4v) is 21.0. The number of aromatic nitrogens is 2. The van der Waals surface area contributed by atoms with Gasteiger partial charge in [-0.3, -0.25) is 0 Å². The number of anilines is 6. The third-order valence-electron chi connectivity index (χ3n) is 22.2. The van der Waals surface area contributed by atoms with Crippen LogP contribution < -0.4 is 9.80 Å². The molecule has 2 aliphatic rings. The predicted octanol–water partition coefficient (Wildman–Crippen LogP) is 28.4. The van der Waals surface area contributed by atoms with Gasteiger partial charge in [-0.25, -0.2) is 0 Å². The second-order valence-electron chi connectivity index (χ2n) is 35.0. The minimum absolute atomic E-state index is 0.000601. The monoisotopic (exact) mass is 1600 g/mol. The van der Waals surface area contributed by atoms with E-state index < -0.39 is 116 Å². The van der Waals surface area contributed by atoms with Gasteiger partial charge < -0.3 is 0 Å². The fourth-order valence-electron chi connectivity index (χ4n) is 16.2. The van der Waals surface area contributed by atoms with Crippen LogP contribution in [-0.2, 0) is 27.1 Å². The van der Waals surface area contributed by atoms with Crippen LogP contribution in [0, 0.1) is 18.3 Å². The van der Waals surface area contributed by atoms with Crippen LogP contribution in [0.25, 0.3) is 117 Å². The molecule has 6 heterocycles. The summed E-state index contributed by atoms with van der Waals surface area (Å²) in [5.74, 6) is -1.52. The first-order valence-electron chi connectivity index (χ1n) is 47.2. The van der Waals surface area contributed by atoms with Crippen LogP contribution in [-0.4, -0.2) is 38.1 Å². The number of hydrogen-bond acceptors (Lipinski definition) is 3. The van der Waals surface area contributed by atoms with Crippen molar-refractivity contribution in [2.24, 2.45) is 0 Å². The molecule has 1 unspecified atom stereocenters. The maximum atomic E-state index is 12.1. The van der Waals surface area contributed by atoms with Gasteiger partial charge in [0.05, 0.1) is 0 Å². The molecule has 19 rings (SSSR count). The van der Waals surface area contributed by atoms with Crippen molar-refractivity contribution in [3.63, 3.8) is 0 Å². The molecule has 0 saturated heterocycles. The van der Waals surface area contributed by atoms with Crippen molar-refractivity contribution < 1.29 is 24.7 Å². The topological polar surface area (TPSA) is 40.1 Å². The number of fused-ring (bicyclic) bond motifs is 14. The number of benzene rings is 13. The van der Waals surface area contributed by atoms with Crippen molar-refractivity contribution >= 4 is 124 Å². The zero-order valence-corrected chi connectivity index (χ0v) is 69.1. The van der Waals surface area contributed by atoms with Gasteiger partial charge in [-0.15, -0.1) is 0 Å². The van der Waals surface area contributed by atoms with Crippen LogP contribution in [0.5, 0.6) is 0 Å². The molecule has 0 amide bonds. The minimum atomic E-state index is -1.52. The Balaban J connectivity index is 1.09. The normalized spacial score (nSPS) is 16.2. The molecule has 5 nitrogen and oxygen atoms in total. The van der Waals surface area contributed by atoms with E-state index in [0.717, 1.165) is 38.9 Å². The molecule has 7 heteroatoms. The second kappa shape index (κ2) is 25.8. The van der Waals surface area contributed by atoms with E-state index in [1.54, 1.807) is 11.5 Å². The molecule has 4 aromatic heterocycles. The molecule has 0 radical (unpaired) electrons. The molecule has 17 aromatic rings. The maximum absolute atomic E-state index is 12.1. The first kappa shape index (κ1) is 53.9. The molecule has 13 aromatic carbocycles. The van der Waals surface area contributed by atoms with Gasteiger partial charge in [-0.05, 0) is 0 Å². The van der Waals surface area contributed by atoms with Crippen LogP contribution in [0.2, 0.25) is 0 Å². The summed E-state index contributed by atoms with van der Waals surface area (Å²) in [6.07, 6.45) is 0. The summed E-state index contributed by atoms with van der Waals surface area (Å²) in [5.41, 5.74) is 6.54. The number of nitrogens with zero attached hydrogens (tertiary/aromatic N) is 5. The number of hydrogen-bond donors (Lipinski definition) is 0. The van der Waals surface area contributed by atoms with E-state index in [4.69, 9.17) is 0 Å². The number of nitriles is 1. The van der Waals surface area contributed by atoms with Gasteiger partial charge in [0.25, 0.3) is 0 Å². The van der Waals surface area contributed by atoms with Gasteiger partial charge in [0.2, 0.25) is 0 Å². The summed E-state index contributed by atoms with van der Waals surface area (Å²) in [5, 5.41) is 12.1. The van der Waals surface area contributed by atoms with Crippen molar-refractivity contribution in [2.75, 3.05) is 9.80 Å². The van der Waals surface area contributed by atoms with Crippen molar-refractivity contribution in [3.05, 3.63) is 322 Å². The summed E-state index contributed by atoms with van der Waals surface area (Å²) in [4.78, 5) is 4.07. The molecule has 0 bridgehead atoms. The number of rotatable bonds is 8. The van der Waals surface area contributed by atoms with Crippen molar-refractivity contribution in [1.29, 1.82) is 5.26 Å². The summed E-state index contributed by atoms with van der Waals surface area (Å²) < 4.78 is 195. The van der Waals surface area contributed by atoms with E-state index in [1.165, 1.54) is 4.57 Å². The molecular formula is C105H93N5Se2. The van der Waals surface area contributed by atoms with E-state index in [9.17, 15) is 29.9 Å². The second-order valence-corrected chi connectivity index (χ2v) is 39.2. The molecule has 2 aliphatic heterocycles. The van der Waals surface area contributed by atoms with Crippen LogP contribution in [0.1, 0.15) is 190 Å². The Labute approximate surface area is 696 Å². The van der Waals surface area contributed by atoms with Crippen LogP contribution in [0.3, 0.4) is 0 Å². The molecule has 0 aliphatic carbocycles.